The molecular formula is C27H38N2O5. The second kappa shape index (κ2) is 10.8. The Hall–Kier alpha value is -2.57. The van der Waals surface area contributed by atoms with Gasteiger partial charge in [-0.3, -0.25) is 9.59 Å². The van der Waals surface area contributed by atoms with Crippen molar-refractivity contribution in [2.45, 2.75) is 83.7 Å². The topological polar surface area (TPSA) is 76.2 Å². The lowest BCUT2D eigenvalue weighted by Gasteiger charge is -2.38. The number of rotatable bonds is 7. The van der Waals surface area contributed by atoms with Crippen LogP contribution in [-0.4, -0.2) is 66.5 Å². The summed E-state index contributed by atoms with van der Waals surface area (Å²) in [6.45, 7) is 5.33. The highest BCUT2D eigenvalue weighted by atomic mass is 16.5. The zero-order chi connectivity index (χ0) is 24.2. The first-order chi connectivity index (χ1) is 16.4. The number of fused-ring (bicyclic) bond motifs is 1. The number of carbonyl (C=O) groups excluding carboxylic acids is 3. The largest absolute Gasteiger partial charge is 0.496 e. The van der Waals surface area contributed by atoms with Gasteiger partial charge < -0.3 is 19.3 Å². The maximum absolute atomic E-state index is 13.4. The highest BCUT2D eigenvalue weighted by molar-refractivity contribution is 5.91. The van der Waals surface area contributed by atoms with Crippen LogP contribution in [0.15, 0.2) is 12.1 Å². The van der Waals surface area contributed by atoms with Gasteiger partial charge in [-0.15, -0.1) is 0 Å². The molecule has 0 N–H and O–H groups in total. The minimum atomic E-state index is -0.510. The minimum Gasteiger partial charge on any atom is -0.496 e. The quantitative estimate of drug-likeness (QED) is 0.571. The second-order valence-electron chi connectivity index (χ2n) is 9.94. The van der Waals surface area contributed by atoms with Gasteiger partial charge in [0.15, 0.2) is 0 Å². The molecule has 3 aliphatic rings. The Labute approximate surface area is 202 Å². The van der Waals surface area contributed by atoms with Gasteiger partial charge >= 0.3 is 5.97 Å². The van der Waals surface area contributed by atoms with E-state index >= 15 is 0 Å². The molecule has 0 spiro atoms. The molecule has 0 radical (unpaired) electrons. The lowest BCUT2D eigenvalue weighted by molar-refractivity contribution is -0.156. The van der Waals surface area contributed by atoms with Gasteiger partial charge in [-0.25, -0.2) is 4.79 Å². The standard InChI is InChI=1S/C27H38N2O5/c1-4-34-27(32)23-9-7-13-29(23)26(31)22-8-5-6-12-28(22)25(30)11-10-19-15-20-14-18(2)24(33-3)17-21(20)16-19/h14,17,19,22-23H,4-13,15-16H2,1-3H3/t19?,22?,23-/m0/s1. The zero-order valence-electron chi connectivity index (χ0n) is 20.8. The van der Waals surface area contributed by atoms with Crippen molar-refractivity contribution < 1.29 is 23.9 Å². The summed E-state index contributed by atoms with van der Waals surface area (Å²) in [6.07, 6.45) is 7.19. The van der Waals surface area contributed by atoms with Gasteiger partial charge in [0.05, 0.1) is 13.7 Å². The number of hydrogen-bond donors (Lipinski definition) is 0. The smallest absolute Gasteiger partial charge is 0.328 e. The SMILES string of the molecule is CCOC(=O)[C@@H]1CCCN1C(=O)C1CCCCN1C(=O)CCC1Cc2cc(C)c(OC)cc2C1. The Morgan fingerprint density at radius 3 is 2.41 bits per heavy atom. The van der Waals surface area contributed by atoms with Crippen LogP contribution in [0.3, 0.4) is 0 Å². The Balaban J connectivity index is 1.36. The number of esters is 1. The molecule has 2 heterocycles. The monoisotopic (exact) mass is 470 g/mol. The number of methoxy groups -OCH3 is 1. The van der Waals surface area contributed by atoms with Crippen molar-refractivity contribution in [2.24, 2.45) is 5.92 Å². The molecule has 0 saturated carbocycles. The molecule has 1 aromatic carbocycles. The van der Waals surface area contributed by atoms with E-state index in [1.807, 2.05) is 0 Å². The van der Waals surface area contributed by atoms with Gasteiger partial charge in [-0.1, -0.05) is 6.07 Å². The number of hydrogen-bond acceptors (Lipinski definition) is 5. The third kappa shape index (κ3) is 5.08. The van der Waals surface area contributed by atoms with Gasteiger partial charge in [-0.05, 0) is 93.9 Å². The number of likely N-dealkylation sites (tertiary alicyclic amines) is 2. The molecule has 4 rings (SSSR count). The van der Waals surface area contributed by atoms with E-state index in [0.29, 0.717) is 44.9 Å². The van der Waals surface area contributed by atoms with E-state index in [1.54, 1.807) is 23.8 Å². The van der Waals surface area contributed by atoms with Gasteiger partial charge in [-0.2, -0.15) is 0 Å². The van der Waals surface area contributed by atoms with Gasteiger partial charge in [0.25, 0.3) is 0 Å². The van der Waals surface area contributed by atoms with Crippen LogP contribution >= 0.6 is 0 Å². The molecule has 2 fully saturated rings. The molecule has 2 saturated heterocycles. The van der Waals surface area contributed by atoms with Crippen LogP contribution in [0.25, 0.3) is 0 Å². The number of aryl methyl sites for hydroxylation is 1. The maximum atomic E-state index is 13.4. The van der Waals surface area contributed by atoms with Gasteiger partial charge in [0.2, 0.25) is 11.8 Å². The number of carbonyl (C=O) groups is 3. The van der Waals surface area contributed by atoms with Crippen molar-refractivity contribution >= 4 is 17.8 Å². The number of benzene rings is 1. The number of piperidine rings is 1. The van der Waals surface area contributed by atoms with Crippen LogP contribution in [0, 0.1) is 12.8 Å². The molecule has 0 aromatic heterocycles. The fourth-order valence-corrected chi connectivity index (χ4v) is 5.95. The van der Waals surface area contributed by atoms with Crippen LogP contribution in [-0.2, 0) is 32.0 Å². The molecule has 7 nitrogen and oxygen atoms in total. The summed E-state index contributed by atoms with van der Waals surface area (Å²) in [5.41, 5.74) is 3.83. The Morgan fingerprint density at radius 1 is 0.971 bits per heavy atom. The average Bonchev–Trinajstić information content (AvgIpc) is 3.48. The molecule has 186 valence electrons. The van der Waals surface area contributed by atoms with Crippen molar-refractivity contribution in [3.63, 3.8) is 0 Å². The van der Waals surface area contributed by atoms with Crippen LogP contribution in [0.5, 0.6) is 5.75 Å². The molecule has 1 aromatic rings. The fourth-order valence-electron chi connectivity index (χ4n) is 5.95. The summed E-state index contributed by atoms with van der Waals surface area (Å²) in [6, 6.07) is 3.39. The molecule has 7 heteroatoms. The molecule has 1 aliphatic carbocycles. The van der Waals surface area contributed by atoms with Gasteiger partial charge in [0, 0.05) is 19.5 Å². The third-order valence-electron chi connectivity index (χ3n) is 7.70. The number of ether oxygens (including phenoxy) is 2. The highest BCUT2D eigenvalue weighted by Gasteiger charge is 2.41. The average molecular weight is 471 g/mol. The van der Waals surface area contributed by atoms with E-state index in [0.717, 1.165) is 49.8 Å². The molecule has 0 bridgehead atoms. The first-order valence-corrected chi connectivity index (χ1v) is 12.9. The Morgan fingerprint density at radius 2 is 1.68 bits per heavy atom. The van der Waals surface area contributed by atoms with Gasteiger partial charge in [0.1, 0.15) is 17.8 Å². The van der Waals surface area contributed by atoms with E-state index in [-0.39, 0.29) is 17.8 Å². The molecule has 34 heavy (non-hydrogen) atoms. The van der Waals surface area contributed by atoms with Crippen molar-refractivity contribution in [3.05, 3.63) is 28.8 Å². The van der Waals surface area contributed by atoms with Crippen molar-refractivity contribution in [3.8, 4) is 5.75 Å². The first-order valence-electron chi connectivity index (χ1n) is 12.9. The predicted octanol–water partition coefficient (Wildman–Crippen LogP) is 3.43. The van der Waals surface area contributed by atoms with Crippen LogP contribution in [0.1, 0.15) is 68.6 Å². The molecule has 2 aliphatic heterocycles. The van der Waals surface area contributed by atoms with E-state index in [2.05, 4.69) is 19.1 Å². The normalized spacial score (nSPS) is 24.1. The van der Waals surface area contributed by atoms with E-state index in [1.165, 1.54) is 11.1 Å². The van der Waals surface area contributed by atoms with E-state index in [4.69, 9.17) is 9.47 Å². The number of nitrogens with zero attached hydrogens (tertiary/aromatic N) is 2. The lowest BCUT2D eigenvalue weighted by atomic mass is 9.96. The second-order valence-corrected chi connectivity index (χ2v) is 9.94. The maximum Gasteiger partial charge on any atom is 0.328 e. The third-order valence-corrected chi connectivity index (χ3v) is 7.70. The summed E-state index contributed by atoms with van der Waals surface area (Å²) >= 11 is 0. The van der Waals surface area contributed by atoms with Crippen LogP contribution in [0.4, 0.5) is 0 Å². The molecule has 3 atom stereocenters. The lowest BCUT2D eigenvalue weighted by Crippen LogP contribution is -2.55. The summed E-state index contributed by atoms with van der Waals surface area (Å²) in [7, 11) is 1.70. The summed E-state index contributed by atoms with van der Waals surface area (Å²) < 4.78 is 10.7. The van der Waals surface area contributed by atoms with E-state index < -0.39 is 12.1 Å². The molecular weight excluding hydrogens is 432 g/mol. The predicted molar refractivity (Wildman–Crippen MR) is 129 cm³/mol. The Bertz CT molecular complexity index is 930. The first kappa shape index (κ1) is 24.6. The van der Waals surface area contributed by atoms with Crippen LogP contribution < -0.4 is 4.74 Å². The molecule has 2 amide bonds. The number of amides is 2. The summed E-state index contributed by atoms with van der Waals surface area (Å²) in [5, 5.41) is 0. The summed E-state index contributed by atoms with van der Waals surface area (Å²) in [5.74, 6) is 1.02. The zero-order valence-corrected chi connectivity index (χ0v) is 20.8. The summed E-state index contributed by atoms with van der Waals surface area (Å²) in [4.78, 5) is 42.5. The highest BCUT2D eigenvalue weighted by Crippen LogP contribution is 2.34. The Kier molecular flexibility index (Phi) is 7.79. The van der Waals surface area contributed by atoms with Crippen LogP contribution in [0.2, 0.25) is 0 Å². The van der Waals surface area contributed by atoms with Crippen molar-refractivity contribution in [2.75, 3.05) is 26.8 Å². The fraction of sp³-hybridized carbons (Fsp3) is 0.667. The van der Waals surface area contributed by atoms with Crippen molar-refractivity contribution in [1.29, 1.82) is 0 Å². The molecule has 2 unspecified atom stereocenters. The minimum absolute atomic E-state index is 0.0645. The van der Waals surface area contributed by atoms with Crippen molar-refractivity contribution in [1.82, 2.24) is 9.80 Å². The van der Waals surface area contributed by atoms with E-state index in [9.17, 15) is 14.4 Å².